The number of benzene rings is 3. The Morgan fingerprint density at radius 1 is 0.870 bits per heavy atom. The second-order valence-corrected chi connectivity index (χ2v) is 16.8. The highest BCUT2D eigenvalue weighted by Crippen LogP contribution is 2.39. The summed E-state index contributed by atoms with van der Waals surface area (Å²) in [7, 11) is -0.383. The third kappa shape index (κ3) is 10.6. The van der Waals surface area contributed by atoms with Gasteiger partial charge < -0.3 is 33.3 Å². The fourth-order valence-corrected chi connectivity index (χ4v) is 9.38. The van der Waals surface area contributed by atoms with Gasteiger partial charge in [0, 0.05) is 71.4 Å². The van der Waals surface area contributed by atoms with Crippen molar-refractivity contribution in [2.75, 3.05) is 98.0 Å². The van der Waals surface area contributed by atoms with E-state index >= 15 is 0 Å². The summed E-state index contributed by atoms with van der Waals surface area (Å²) in [6, 6.07) is 21.8. The molecule has 3 heterocycles. The van der Waals surface area contributed by atoms with Crippen molar-refractivity contribution in [3.8, 4) is 5.75 Å². The molecule has 11 nitrogen and oxygen atoms in total. The van der Waals surface area contributed by atoms with Gasteiger partial charge in [-0.15, -0.1) is 0 Å². The van der Waals surface area contributed by atoms with Crippen LogP contribution in [-0.4, -0.2) is 123 Å². The molecule has 4 atom stereocenters. The van der Waals surface area contributed by atoms with E-state index in [1.807, 2.05) is 25.1 Å². The van der Waals surface area contributed by atoms with Crippen LogP contribution in [-0.2, 0) is 46.9 Å². The lowest BCUT2D eigenvalue weighted by Crippen LogP contribution is -2.56. The van der Waals surface area contributed by atoms with Gasteiger partial charge in [0.25, 0.3) is 0 Å². The number of sulfonamides is 1. The van der Waals surface area contributed by atoms with E-state index in [0.717, 1.165) is 66.3 Å². The lowest BCUT2D eigenvalue weighted by atomic mass is 9.83. The fraction of sp³-hybridized carbons (Fsp3) is 0.571. The second kappa shape index (κ2) is 19.7. The molecule has 3 aliphatic heterocycles. The molecule has 0 spiro atoms. The molecule has 12 heteroatoms. The first kappa shape index (κ1) is 40.6. The van der Waals surface area contributed by atoms with Gasteiger partial charge in [0.15, 0.2) is 0 Å². The van der Waals surface area contributed by atoms with Crippen LogP contribution < -0.4 is 9.64 Å². The molecule has 0 N–H and O–H groups in total. The Labute approximate surface area is 322 Å². The third-order valence-electron chi connectivity index (χ3n) is 10.7. The van der Waals surface area contributed by atoms with Crippen LogP contribution in [0.1, 0.15) is 47.9 Å². The number of ether oxygens (including phenoxy) is 6. The average molecular weight is 766 g/mol. The molecule has 2 fully saturated rings. The van der Waals surface area contributed by atoms with Crippen molar-refractivity contribution in [2.24, 2.45) is 5.92 Å². The van der Waals surface area contributed by atoms with Gasteiger partial charge in [-0.05, 0) is 60.7 Å². The summed E-state index contributed by atoms with van der Waals surface area (Å²) >= 11 is 0. The molecule has 54 heavy (non-hydrogen) atoms. The Balaban J connectivity index is 1.27. The Bertz CT molecular complexity index is 1700. The van der Waals surface area contributed by atoms with Crippen LogP contribution in [0, 0.1) is 12.8 Å². The minimum atomic E-state index is -3.82. The normalized spacial score (nSPS) is 21.8. The lowest BCUT2D eigenvalue weighted by Gasteiger charge is -2.45. The first-order valence-corrected chi connectivity index (χ1v) is 20.8. The van der Waals surface area contributed by atoms with Gasteiger partial charge in [-0.1, -0.05) is 55.0 Å². The Morgan fingerprint density at radius 3 is 2.37 bits per heavy atom. The molecule has 2 saturated heterocycles. The highest BCUT2D eigenvalue weighted by molar-refractivity contribution is 7.89. The summed E-state index contributed by atoms with van der Waals surface area (Å²) in [4.78, 5) is 4.99. The molecule has 3 aromatic rings. The van der Waals surface area contributed by atoms with Crippen LogP contribution in [0.3, 0.4) is 0 Å². The molecular formula is C42H59N3O8S. The van der Waals surface area contributed by atoms with Crippen molar-refractivity contribution in [1.29, 1.82) is 0 Å². The van der Waals surface area contributed by atoms with Gasteiger partial charge in [-0.2, -0.15) is 4.31 Å². The van der Waals surface area contributed by atoms with Crippen LogP contribution in [0.25, 0.3) is 0 Å². The number of hydrogen-bond donors (Lipinski definition) is 0. The zero-order chi connectivity index (χ0) is 37.9. The van der Waals surface area contributed by atoms with Crippen LogP contribution in [0.2, 0.25) is 0 Å². The van der Waals surface area contributed by atoms with Gasteiger partial charge in [-0.3, -0.25) is 4.90 Å². The Hall–Kier alpha value is -3.07. The highest BCUT2D eigenvalue weighted by atomic mass is 32.2. The fourth-order valence-electron chi connectivity index (χ4n) is 7.74. The summed E-state index contributed by atoms with van der Waals surface area (Å²) in [6.45, 7) is 13.0. The maximum atomic E-state index is 14.5. The quantitative estimate of drug-likeness (QED) is 0.155. The minimum Gasteiger partial charge on any atom is -0.490 e. The first-order valence-electron chi connectivity index (χ1n) is 19.4. The van der Waals surface area contributed by atoms with E-state index in [1.165, 1.54) is 0 Å². The van der Waals surface area contributed by atoms with E-state index < -0.39 is 10.0 Å². The number of anilines is 1. The predicted octanol–water partition coefficient (Wildman–Crippen LogP) is 5.49. The summed E-state index contributed by atoms with van der Waals surface area (Å²) in [5.41, 5.74) is 5.33. The molecule has 0 radical (unpaired) electrons. The molecule has 0 aliphatic carbocycles. The van der Waals surface area contributed by atoms with Crippen molar-refractivity contribution < 1.29 is 36.8 Å². The van der Waals surface area contributed by atoms with E-state index in [4.69, 9.17) is 28.4 Å². The topological polar surface area (TPSA) is 99.2 Å². The SMILES string of the molecule is COCCCN1CCOc2ccc(CO[C@H]3CN(S(=O)(=O)c4ccc(C)cc4)[C@@H](CN4CCOCC4)C[C@@H]3c3ccc(COC[C@@H](C)COC)cc3)cc21. The first-order chi connectivity index (χ1) is 26.2. The average Bonchev–Trinajstić information content (AvgIpc) is 3.18. The summed E-state index contributed by atoms with van der Waals surface area (Å²) < 4.78 is 65.9. The molecule has 0 amide bonds. The van der Waals surface area contributed by atoms with Gasteiger partial charge in [0.2, 0.25) is 10.0 Å². The predicted molar refractivity (Wildman–Crippen MR) is 210 cm³/mol. The monoisotopic (exact) mass is 765 g/mol. The van der Waals surface area contributed by atoms with Crippen molar-refractivity contribution in [2.45, 2.75) is 62.9 Å². The zero-order valence-corrected chi connectivity index (χ0v) is 33.3. The van der Waals surface area contributed by atoms with Gasteiger partial charge in [-0.25, -0.2) is 8.42 Å². The Kier molecular flexibility index (Phi) is 14.8. The van der Waals surface area contributed by atoms with E-state index in [9.17, 15) is 8.42 Å². The molecule has 0 saturated carbocycles. The second-order valence-electron chi connectivity index (χ2n) is 14.9. The van der Waals surface area contributed by atoms with E-state index in [2.05, 4.69) is 53.1 Å². The maximum absolute atomic E-state index is 14.5. The number of hydrogen-bond acceptors (Lipinski definition) is 10. The van der Waals surface area contributed by atoms with Gasteiger partial charge in [0.1, 0.15) is 12.4 Å². The molecule has 0 unspecified atom stereocenters. The van der Waals surface area contributed by atoms with Crippen molar-refractivity contribution in [3.05, 3.63) is 89.0 Å². The van der Waals surface area contributed by atoms with E-state index in [-0.39, 0.29) is 24.6 Å². The van der Waals surface area contributed by atoms with Gasteiger partial charge in [0.05, 0.1) is 62.9 Å². The van der Waals surface area contributed by atoms with Crippen LogP contribution in [0.4, 0.5) is 5.69 Å². The smallest absolute Gasteiger partial charge is 0.243 e. The lowest BCUT2D eigenvalue weighted by molar-refractivity contribution is -0.0305. The minimum absolute atomic E-state index is 0.0243. The number of nitrogens with zero attached hydrogens (tertiary/aromatic N) is 3. The van der Waals surface area contributed by atoms with Crippen LogP contribution in [0.15, 0.2) is 71.6 Å². The van der Waals surface area contributed by atoms with Gasteiger partial charge >= 0.3 is 0 Å². The highest BCUT2D eigenvalue weighted by Gasteiger charge is 2.43. The van der Waals surface area contributed by atoms with E-state index in [1.54, 1.807) is 30.7 Å². The molecule has 6 rings (SSSR count). The molecule has 3 aliphatic rings. The molecular weight excluding hydrogens is 707 g/mol. The van der Waals surface area contributed by atoms with Crippen molar-refractivity contribution >= 4 is 15.7 Å². The number of methoxy groups -OCH3 is 2. The number of rotatable bonds is 18. The van der Waals surface area contributed by atoms with Crippen molar-refractivity contribution in [3.63, 3.8) is 0 Å². The number of fused-ring (bicyclic) bond motifs is 1. The van der Waals surface area contributed by atoms with E-state index in [0.29, 0.717) is 76.6 Å². The maximum Gasteiger partial charge on any atom is 0.243 e. The number of piperidine rings is 1. The molecule has 0 aromatic heterocycles. The summed E-state index contributed by atoms with van der Waals surface area (Å²) in [5.74, 6) is 1.17. The summed E-state index contributed by atoms with van der Waals surface area (Å²) in [5, 5.41) is 0. The molecule has 3 aromatic carbocycles. The number of aryl methyl sites for hydroxylation is 1. The standard InChI is InChI=1S/C42H59N3O8S/c1-32-6-13-38(14-7-32)54(46,47)45-27-42(53-31-35-10-15-41-40(24-35)44(19-23-52-41)16-5-20-48-3)39(25-37(45)26-43-17-21-50-22-18-43)36-11-8-34(9-12-36)30-51-29-33(2)28-49-4/h6-15,24,33,37,39,42H,5,16-23,25-31H2,1-4H3/t33-,37+,39+,42-/m0/s1. The van der Waals surface area contributed by atoms with Crippen molar-refractivity contribution in [1.82, 2.24) is 9.21 Å². The third-order valence-corrected chi connectivity index (χ3v) is 12.6. The molecule has 296 valence electrons. The number of morpholine rings is 1. The molecule has 0 bridgehead atoms. The Morgan fingerprint density at radius 2 is 1.63 bits per heavy atom. The summed E-state index contributed by atoms with van der Waals surface area (Å²) in [6.07, 6.45) is 1.17. The zero-order valence-electron chi connectivity index (χ0n) is 32.5. The largest absolute Gasteiger partial charge is 0.490 e. The van der Waals surface area contributed by atoms with Crippen LogP contribution in [0.5, 0.6) is 5.75 Å². The van der Waals surface area contributed by atoms with Crippen LogP contribution >= 0.6 is 0 Å².